The van der Waals surface area contributed by atoms with Gasteiger partial charge in [-0.2, -0.15) is 0 Å². The average Bonchev–Trinajstić information content (AvgIpc) is 2.67. The molecule has 0 radical (unpaired) electrons. The zero-order chi connectivity index (χ0) is 20.5. The maximum Gasteiger partial charge on any atom is 0.413 e. The van der Waals surface area contributed by atoms with Crippen molar-refractivity contribution in [1.82, 2.24) is 0 Å². The van der Waals surface area contributed by atoms with Crippen molar-refractivity contribution in [2.75, 3.05) is 29.2 Å². The summed E-state index contributed by atoms with van der Waals surface area (Å²) in [4.78, 5) is 36.2. The molecule has 0 heterocycles. The third-order valence-electron chi connectivity index (χ3n) is 3.72. The molecule has 146 valence electrons. The number of nitrogens with one attached hydrogen (secondary N) is 2. The van der Waals surface area contributed by atoms with E-state index in [9.17, 15) is 14.4 Å². The predicted octanol–water partition coefficient (Wildman–Crippen LogP) is 3.89. The fraction of sp³-hybridized carbons (Fsp3) is 0.190. The Morgan fingerprint density at radius 1 is 0.964 bits per heavy atom. The molecule has 2 N–H and O–H groups in total. The van der Waals surface area contributed by atoms with E-state index >= 15 is 0 Å². The van der Waals surface area contributed by atoms with E-state index in [0.717, 1.165) is 5.56 Å². The Morgan fingerprint density at radius 3 is 2.11 bits per heavy atom. The molecule has 0 unspecified atom stereocenters. The minimum Gasteiger partial charge on any atom is -0.449 e. The van der Waals surface area contributed by atoms with Crippen LogP contribution in [0.4, 0.5) is 21.9 Å². The van der Waals surface area contributed by atoms with E-state index < -0.39 is 6.09 Å². The van der Waals surface area contributed by atoms with Gasteiger partial charge in [0.15, 0.2) is 0 Å². The van der Waals surface area contributed by atoms with Gasteiger partial charge in [0.1, 0.15) is 0 Å². The van der Waals surface area contributed by atoms with Crippen LogP contribution in [-0.4, -0.2) is 31.6 Å². The van der Waals surface area contributed by atoms with Crippen molar-refractivity contribution in [3.63, 3.8) is 0 Å². The van der Waals surface area contributed by atoms with Gasteiger partial charge in [0.25, 0.3) is 0 Å². The zero-order valence-corrected chi connectivity index (χ0v) is 16.1. The number of anilines is 3. The number of benzene rings is 2. The number of nitrogens with zero attached hydrogens (tertiary/aromatic N) is 1. The summed E-state index contributed by atoms with van der Waals surface area (Å²) in [6.45, 7) is 3.49. The number of ether oxygens (including phenoxy) is 1. The standard InChI is InChI=1S/C21H23N3O4/c1-4-28-21(27)24(3)19-12-10-18(11-13-19)23-20(26)14-7-16-5-8-17(9-6-16)22-15(2)25/h5-14H,4H2,1-3H3,(H,22,25)(H,23,26)/b14-7+. The zero-order valence-electron chi connectivity index (χ0n) is 16.1. The smallest absolute Gasteiger partial charge is 0.413 e. The maximum atomic E-state index is 12.1. The molecule has 0 saturated carbocycles. The van der Waals surface area contributed by atoms with Crippen molar-refractivity contribution in [2.45, 2.75) is 13.8 Å². The second-order valence-corrected chi connectivity index (χ2v) is 5.93. The molecule has 0 aromatic heterocycles. The SMILES string of the molecule is CCOC(=O)N(C)c1ccc(NC(=O)/C=C/c2ccc(NC(C)=O)cc2)cc1. The van der Waals surface area contributed by atoms with E-state index in [1.165, 1.54) is 17.9 Å². The van der Waals surface area contributed by atoms with Crippen LogP contribution in [0.5, 0.6) is 0 Å². The van der Waals surface area contributed by atoms with Crippen LogP contribution in [0.25, 0.3) is 6.08 Å². The minimum absolute atomic E-state index is 0.137. The third kappa shape index (κ3) is 6.28. The molecule has 0 spiro atoms. The second-order valence-electron chi connectivity index (χ2n) is 5.93. The highest BCUT2D eigenvalue weighted by Crippen LogP contribution is 2.18. The first-order chi connectivity index (χ1) is 13.4. The molecule has 7 heteroatoms. The Bertz CT molecular complexity index is 858. The molecule has 2 rings (SSSR count). The van der Waals surface area contributed by atoms with E-state index in [-0.39, 0.29) is 11.8 Å². The van der Waals surface area contributed by atoms with Gasteiger partial charge in [0.05, 0.1) is 6.61 Å². The van der Waals surface area contributed by atoms with Gasteiger partial charge in [-0.3, -0.25) is 14.5 Å². The van der Waals surface area contributed by atoms with Gasteiger partial charge in [-0.1, -0.05) is 12.1 Å². The number of hydrogen-bond acceptors (Lipinski definition) is 4. The number of carbonyl (C=O) groups is 3. The lowest BCUT2D eigenvalue weighted by molar-refractivity contribution is -0.114. The normalized spacial score (nSPS) is 10.4. The van der Waals surface area contributed by atoms with Crippen molar-refractivity contribution in [2.24, 2.45) is 0 Å². The van der Waals surface area contributed by atoms with Crippen LogP contribution < -0.4 is 15.5 Å². The van der Waals surface area contributed by atoms with Gasteiger partial charge >= 0.3 is 6.09 Å². The molecule has 3 amide bonds. The quantitative estimate of drug-likeness (QED) is 0.743. The highest BCUT2D eigenvalue weighted by molar-refractivity contribution is 6.02. The molecule has 0 bridgehead atoms. The Kier molecular flexibility index (Phi) is 7.33. The molecule has 0 aliphatic rings. The van der Waals surface area contributed by atoms with Gasteiger partial charge in [0.2, 0.25) is 11.8 Å². The van der Waals surface area contributed by atoms with E-state index in [0.29, 0.717) is 23.7 Å². The fourth-order valence-corrected chi connectivity index (χ4v) is 2.33. The van der Waals surface area contributed by atoms with Crippen LogP contribution in [0, 0.1) is 0 Å². The average molecular weight is 381 g/mol. The molecule has 28 heavy (non-hydrogen) atoms. The molecule has 0 fully saturated rings. The molecular weight excluding hydrogens is 358 g/mol. The summed E-state index contributed by atoms with van der Waals surface area (Å²) in [6.07, 6.45) is 2.66. The van der Waals surface area contributed by atoms with E-state index in [2.05, 4.69) is 10.6 Å². The van der Waals surface area contributed by atoms with Crippen molar-refractivity contribution >= 4 is 41.0 Å². The summed E-state index contributed by atoms with van der Waals surface area (Å²) in [6, 6.07) is 14.0. The van der Waals surface area contributed by atoms with Crippen LogP contribution in [0.1, 0.15) is 19.4 Å². The lowest BCUT2D eigenvalue weighted by Crippen LogP contribution is -2.26. The molecular formula is C21H23N3O4. The number of rotatable bonds is 6. The van der Waals surface area contributed by atoms with E-state index in [1.807, 2.05) is 0 Å². The van der Waals surface area contributed by atoms with Gasteiger partial charge in [-0.05, 0) is 55.0 Å². The third-order valence-corrected chi connectivity index (χ3v) is 3.72. The van der Waals surface area contributed by atoms with E-state index in [1.54, 1.807) is 68.6 Å². The summed E-state index contributed by atoms with van der Waals surface area (Å²) >= 11 is 0. The van der Waals surface area contributed by atoms with E-state index in [4.69, 9.17) is 4.74 Å². The number of amides is 3. The molecule has 0 saturated heterocycles. The van der Waals surface area contributed by atoms with Gasteiger partial charge < -0.3 is 15.4 Å². The first-order valence-corrected chi connectivity index (χ1v) is 8.76. The van der Waals surface area contributed by atoms with Crippen molar-refractivity contribution < 1.29 is 19.1 Å². The van der Waals surface area contributed by atoms with Gasteiger partial charge in [-0.25, -0.2) is 4.79 Å². The summed E-state index contributed by atoms with van der Waals surface area (Å²) in [7, 11) is 1.62. The highest BCUT2D eigenvalue weighted by atomic mass is 16.6. The summed E-state index contributed by atoms with van der Waals surface area (Å²) in [5.74, 6) is -0.417. The summed E-state index contributed by atoms with van der Waals surface area (Å²) < 4.78 is 4.94. The lowest BCUT2D eigenvalue weighted by Gasteiger charge is -2.16. The molecule has 7 nitrogen and oxygen atoms in total. The van der Waals surface area contributed by atoms with Crippen LogP contribution in [-0.2, 0) is 14.3 Å². The minimum atomic E-state index is -0.438. The van der Waals surface area contributed by atoms with Crippen LogP contribution in [0.15, 0.2) is 54.6 Å². The maximum absolute atomic E-state index is 12.1. The van der Waals surface area contributed by atoms with Crippen LogP contribution >= 0.6 is 0 Å². The first kappa shape index (κ1) is 20.7. The Labute approximate surface area is 164 Å². The first-order valence-electron chi connectivity index (χ1n) is 8.76. The second kappa shape index (κ2) is 9.91. The van der Waals surface area contributed by atoms with Gasteiger partial charge in [0, 0.05) is 37.1 Å². The Balaban J connectivity index is 1.92. The van der Waals surface area contributed by atoms with Crippen molar-refractivity contribution in [3.8, 4) is 0 Å². The fourth-order valence-electron chi connectivity index (χ4n) is 2.33. The summed E-state index contributed by atoms with van der Waals surface area (Å²) in [5.41, 5.74) is 2.79. The largest absolute Gasteiger partial charge is 0.449 e. The number of carbonyl (C=O) groups excluding carboxylic acids is 3. The van der Waals surface area contributed by atoms with Crippen LogP contribution in [0.3, 0.4) is 0 Å². The van der Waals surface area contributed by atoms with Crippen LogP contribution in [0.2, 0.25) is 0 Å². The van der Waals surface area contributed by atoms with Gasteiger partial charge in [-0.15, -0.1) is 0 Å². The lowest BCUT2D eigenvalue weighted by atomic mass is 10.2. The highest BCUT2D eigenvalue weighted by Gasteiger charge is 2.11. The predicted molar refractivity (Wildman–Crippen MR) is 110 cm³/mol. The monoisotopic (exact) mass is 381 g/mol. The topological polar surface area (TPSA) is 87.7 Å². The summed E-state index contributed by atoms with van der Waals surface area (Å²) in [5, 5.41) is 5.43. The molecule has 0 aliphatic carbocycles. The molecule has 0 atom stereocenters. The van der Waals surface area contributed by atoms with Crippen molar-refractivity contribution in [3.05, 3.63) is 60.2 Å². The Morgan fingerprint density at radius 2 is 1.54 bits per heavy atom. The van der Waals surface area contributed by atoms with Crippen molar-refractivity contribution in [1.29, 1.82) is 0 Å². The molecule has 2 aromatic carbocycles. The molecule has 2 aromatic rings. The molecule has 0 aliphatic heterocycles. The number of hydrogen-bond donors (Lipinski definition) is 2. The Hall–Kier alpha value is -3.61.